The molecule has 0 aromatic heterocycles. The minimum absolute atomic E-state index is 0.521. The van der Waals surface area contributed by atoms with Gasteiger partial charge in [-0.05, 0) is 38.0 Å². The molecule has 0 aliphatic heterocycles. The van der Waals surface area contributed by atoms with Gasteiger partial charge in [-0.2, -0.15) is 0 Å². The molecule has 0 radical (unpaired) electrons. The van der Waals surface area contributed by atoms with Crippen LogP contribution in [0.2, 0.25) is 0 Å². The van der Waals surface area contributed by atoms with Crippen molar-refractivity contribution in [3.8, 4) is 0 Å². The second kappa shape index (κ2) is 10.0. The van der Waals surface area contributed by atoms with Crippen molar-refractivity contribution in [2.45, 2.75) is 27.2 Å². The summed E-state index contributed by atoms with van der Waals surface area (Å²) in [5.41, 5.74) is 3.68. The molecule has 0 atom stereocenters. The lowest BCUT2D eigenvalue weighted by molar-refractivity contribution is 0.182. The topological polar surface area (TPSA) is 21.3 Å². The maximum Gasteiger partial charge on any atom is 0.116 e. The van der Waals surface area contributed by atoms with Crippen LogP contribution in [0.4, 0.5) is 5.69 Å². The van der Waals surface area contributed by atoms with Gasteiger partial charge >= 0.3 is 0 Å². The first-order valence-corrected chi connectivity index (χ1v) is 7.13. The van der Waals surface area contributed by atoms with E-state index in [1.807, 2.05) is 25.2 Å². The second-order valence-electron chi connectivity index (χ2n) is 4.58. The van der Waals surface area contributed by atoms with Crippen molar-refractivity contribution in [1.29, 1.82) is 0 Å². The van der Waals surface area contributed by atoms with Crippen molar-refractivity contribution in [2.24, 2.45) is 0 Å². The highest BCUT2D eigenvalue weighted by atomic mass is 16.5. The molecular formula is C18H25NO. The molecule has 0 amide bonds. The fourth-order valence-electron chi connectivity index (χ4n) is 1.71. The van der Waals surface area contributed by atoms with Gasteiger partial charge in [0.2, 0.25) is 0 Å². The van der Waals surface area contributed by atoms with Crippen LogP contribution in [0.5, 0.6) is 0 Å². The van der Waals surface area contributed by atoms with Crippen LogP contribution in [0.15, 0.2) is 60.2 Å². The lowest BCUT2D eigenvalue weighted by atomic mass is 10.1. The molecule has 2 heteroatoms. The van der Waals surface area contributed by atoms with Crippen LogP contribution < -0.4 is 5.32 Å². The summed E-state index contributed by atoms with van der Waals surface area (Å²) in [5, 5.41) is 3.23. The van der Waals surface area contributed by atoms with E-state index < -0.39 is 0 Å². The van der Waals surface area contributed by atoms with Gasteiger partial charge in [-0.25, -0.2) is 0 Å². The summed E-state index contributed by atoms with van der Waals surface area (Å²) in [6, 6.07) is 8.44. The maximum atomic E-state index is 5.49. The zero-order chi connectivity index (χ0) is 14.6. The molecule has 0 heterocycles. The third-order valence-electron chi connectivity index (χ3n) is 2.88. The molecule has 108 valence electrons. The van der Waals surface area contributed by atoms with Crippen LogP contribution in [0, 0.1) is 0 Å². The Morgan fingerprint density at radius 2 is 2.00 bits per heavy atom. The van der Waals surface area contributed by atoms with Crippen molar-refractivity contribution in [3.05, 3.63) is 65.8 Å². The quantitative estimate of drug-likeness (QED) is 0.420. The normalized spacial score (nSPS) is 12.4. The van der Waals surface area contributed by atoms with Gasteiger partial charge in [-0.3, -0.25) is 0 Å². The summed E-state index contributed by atoms with van der Waals surface area (Å²) in [4.78, 5) is 0. The number of nitrogens with one attached hydrogen (secondary N) is 1. The van der Waals surface area contributed by atoms with Crippen LogP contribution in [-0.2, 0) is 11.2 Å². The molecule has 0 saturated carbocycles. The summed E-state index contributed by atoms with van der Waals surface area (Å²) >= 11 is 0. The summed E-state index contributed by atoms with van der Waals surface area (Å²) in [7, 11) is 0. The number of hydrogen-bond donors (Lipinski definition) is 1. The first kappa shape index (κ1) is 16.3. The molecule has 2 nitrogen and oxygen atoms in total. The first-order chi connectivity index (χ1) is 9.76. The standard InChI is InChI=1S/C18H25NO/c1-4-8-16(3)9-6-7-14-20-15-19-18-12-10-17(5-2)11-13-18/h4,6-13,19H,5,14-15H2,1-3H3/b7-6+,8-4-,16-9-. The van der Waals surface area contributed by atoms with E-state index in [0.29, 0.717) is 13.3 Å². The molecule has 1 rings (SSSR count). The number of aryl methyl sites for hydroxylation is 1. The molecule has 0 fully saturated rings. The Bertz CT molecular complexity index is 455. The monoisotopic (exact) mass is 271 g/mol. The van der Waals surface area contributed by atoms with Crippen LogP contribution in [0.25, 0.3) is 0 Å². The highest BCUT2D eigenvalue weighted by molar-refractivity contribution is 5.44. The average molecular weight is 271 g/mol. The molecule has 0 unspecified atom stereocenters. The Morgan fingerprint density at radius 3 is 2.65 bits per heavy atom. The predicted molar refractivity (Wildman–Crippen MR) is 88.0 cm³/mol. The Hall–Kier alpha value is -1.80. The van der Waals surface area contributed by atoms with Gasteiger partial charge in [0.25, 0.3) is 0 Å². The van der Waals surface area contributed by atoms with E-state index in [1.54, 1.807) is 0 Å². The van der Waals surface area contributed by atoms with E-state index in [4.69, 9.17) is 4.74 Å². The molecule has 1 N–H and O–H groups in total. The number of rotatable bonds is 8. The molecule has 1 aromatic carbocycles. The largest absolute Gasteiger partial charge is 0.363 e. The summed E-state index contributed by atoms with van der Waals surface area (Å²) in [5.74, 6) is 0. The predicted octanol–water partition coefficient (Wildman–Crippen LogP) is 4.71. The van der Waals surface area contributed by atoms with Crippen molar-refractivity contribution in [2.75, 3.05) is 18.7 Å². The average Bonchev–Trinajstić information content (AvgIpc) is 2.47. The van der Waals surface area contributed by atoms with E-state index in [0.717, 1.165) is 12.1 Å². The third kappa shape index (κ3) is 6.95. The number of benzene rings is 1. The molecular weight excluding hydrogens is 246 g/mol. The lowest BCUT2D eigenvalue weighted by Gasteiger charge is -2.06. The Balaban J connectivity index is 2.18. The molecule has 20 heavy (non-hydrogen) atoms. The molecule has 0 bridgehead atoms. The number of allylic oxidation sites excluding steroid dienone is 5. The van der Waals surface area contributed by atoms with E-state index in [2.05, 4.69) is 55.6 Å². The Labute approximate surface area is 122 Å². The SMILES string of the molecule is C\C=C/C(C)=C\C=C\COCNc1ccc(CC)cc1. The fourth-order valence-corrected chi connectivity index (χ4v) is 1.71. The summed E-state index contributed by atoms with van der Waals surface area (Å²) < 4.78 is 5.49. The lowest BCUT2D eigenvalue weighted by Crippen LogP contribution is -2.05. The van der Waals surface area contributed by atoms with E-state index in [9.17, 15) is 0 Å². The van der Waals surface area contributed by atoms with Gasteiger partial charge < -0.3 is 10.1 Å². The zero-order valence-electron chi connectivity index (χ0n) is 12.7. The van der Waals surface area contributed by atoms with Crippen molar-refractivity contribution in [1.82, 2.24) is 0 Å². The van der Waals surface area contributed by atoms with Gasteiger partial charge in [0, 0.05) is 5.69 Å². The molecule has 0 aliphatic carbocycles. The second-order valence-corrected chi connectivity index (χ2v) is 4.58. The van der Waals surface area contributed by atoms with Crippen LogP contribution >= 0.6 is 0 Å². The van der Waals surface area contributed by atoms with Crippen LogP contribution in [-0.4, -0.2) is 13.3 Å². The van der Waals surface area contributed by atoms with E-state index >= 15 is 0 Å². The third-order valence-corrected chi connectivity index (χ3v) is 2.88. The molecule has 1 aromatic rings. The molecule has 0 saturated heterocycles. The van der Waals surface area contributed by atoms with Crippen molar-refractivity contribution < 1.29 is 4.74 Å². The van der Waals surface area contributed by atoms with E-state index in [1.165, 1.54) is 11.1 Å². The van der Waals surface area contributed by atoms with Crippen molar-refractivity contribution in [3.63, 3.8) is 0 Å². The number of anilines is 1. The number of ether oxygens (including phenoxy) is 1. The maximum absolute atomic E-state index is 5.49. The van der Waals surface area contributed by atoms with Gasteiger partial charge in [0.1, 0.15) is 6.73 Å². The molecule has 0 aliphatic rings. The van der Waals surface area contributed by atoms with Gasteiger partial charge in [0.15, 0.2) is 0 Å². The number of hydrogen-bond acceptors (Lipinski definition) is 2. The van der Waals surface area contributed by atoms with Crippen molar-refractivity contribution >= 4 is 5.69 Å². The Kier molecular flexibility index (Phi) is 8.16. The Morgan fingerprint density at radius 1 is 1.25 bits per heavy atom. The highest BCUT2D eigenvalue weighted by Gasteiger charge is 1.91. The van der Waals surface area contributed by atoms with Gasteiger partial charge in [-0.15, -0.1) is 0 Å². The fraction of sp³-hybridized carbons (Fsp3) is 0.333. The zero-order valence-corrected chi connectivity index (χ0v) is 12.7. The molecule has 0 spiro atoms. The smallest absolute Gasteiger partial charge is 0.116 e. The van der Waals surface area contributed by atoms with Gasteiger partial charge in [-0.1, -0.05) is 55.0 Å². The van der Waals surface area contributed by atoms with Crippen LogP contribution in [0.3, 0.4) is 0 Å². The summed E-state index contributed by atoms with van der Waals surface area (Å²) in [6.07, 6.45) is 11.3. The minimum Gasteiger partial charge on any atom is -0.363 e. The van der Waals surface area contributed by atoms with Crippen LogP contribution in [0.1, 0.15) is 26.3 Å². The highest BCUT2D eigenvalue weighted by Crippen LogP contribution is 2.09. The minimum atomic E-state index is 0.521. The first-order valence-electron chi connectivity index (χ1n) is 7.13. The van der Waals surface area contributed by atoms with E-state index in [-0.39, 0.29) is 0 Å². The summed E-state index contributed by atoms with van der Waals surface area (Å²) in [6.45, 7) is 7.38. The van der Waals surface area contributed by atoms with Gasteiger partial charge in [0.05, 0.1) is 6.61 Å².